The molecule has 0 radical (unpaired) electrons. The maximum Gasteiger partial charge on any atom is 0.0634 e. The van der Waals surface area contributed by atoms with Gasteiger partial charge in [-0.05, 0) is 37.3 Å². The van der Waals surface area contributed by atoms with E-state index >= 15 is 0 Å². The zero-order chi connectivity index (χ0) is 12.1. The lowest BCUT2D eigenvalue weighted by atomic mass is 9.93. The molecule has 0 unspecified atom stereocenters. The van der Waals surface area contributed by atoms with Crippen LogP contribution in [-0.2, 0) is 11.3 Å². The number of aromatic nitrogens is 1. The van der Waals surface area contributed by atoms with Gasteiger partial charge in [-0.3, -0.25) is 4.98 Å². The van der Waals surface area contributed by atoms with Gasteiger partial charge in [0.05, 0.1) is 5.02 Å². The SMILES string of the molecule is C[C@H](NCc1ccncc1Cl)C1CCOCC1. The summed E-state index contributed by atoms with van der Waals surface area (Å²) in [5.41, 5.74) is 1.11. The van der Waals surface area contributed by atoms with E-state index in [1.54, 1.807) is 12.4 Å². The molecular formula is C13H19ClN2O. The predicted molar refractivity (Wildman–Crippen MR) is 69.1 cm³/mol. The molecule has 2 heterocycles. The summed E-state index contributed by atoms with van der Waals surface area (Å²) in [7, 11) is 0. The smallest absolute Gasteiger partial charge is 0.0634 e. The van der Waals surface area contributed by atoms with Gasteiger partial charge in [-0.1, -0.05) is 11.6 Å². The van der Waals surface area contributed by atoms with Gasteiger partial charge in [-0.2, -0.15) is 0 Å². The maximum absolute atomic E-state index is 6.07. The minimum Gasteiger partial charge on any atom is -0.381 e. The van der Waals surface area contributed by atoms with Crippen LogP contribution in [0.4, 0.5) is 0 Å². The van der Waals surface area contributed by atoms with Crippen molar-refractivity contribution in [2.45, 2.75) is 32.4 Å². The van der Waals surface area contributed by atoms with Crippen molar-refractivity contribution < 1.29 is 4.74 Å². The quantitative estimate of drug-likeness (QED) is 0.897. The van der Waals surface area contributed by atoms with Crippen molar-refractivity contribution in [3.63, 3.8) is 0 Å². The molecule has 1 saturated heterocycles. The van der Waals surface area contributed by atoms with E-state index in [1.165, 1.54) is 0 Å². The number of nitrogens with one attached hydrogen (secondary N) is 1. The second-order valence-electron chi connectivity index (χ2n) is 4.59. The Labute approximate surface area is 108 Å². The average molecular weight is 255 g/mol. The number of hydrogen-bond acceptors (Lipinski definition) is 3. The summed E-state index contributed by atoms with van der Waals surface area (Å²) >= 11 is 6.07. The molecule has 1 N–H and O–H groups in total. The second kappa shape index (κ2) is 6.34. The van der Waals surface area contributed by atoms with Crippen LogP contribution in [0.3, 0.4) is 0 Å². The molecule has 1 fully saturated rings. The molecule has 1 aliphatic rings. The first-order valence-electron chi connectivity index (χ1n) is 6.17. The predicted octanol–water partition coefficient (Wildman–Crippen LogP) is 2.64. The molecule has 0 spiro atoms. The van der Waals surface area contributed by atoms with E-state index in [9.17, 15) is 0 Å². The van der Waals surface area contributed by atoms with Gasteiger partial charge in [0.2, 0.25) is 0 Å². The van der Waals surface area contributed by atoms with Gasteiger partial charge >= 0.3 is 0 Å². The molecule has 0 saturated carbocycles. The van der Waals surface area contributed by atoms with Crippen molar-refractivity contribution in [3.8, 4) is 0 Å². The highest BCUT2D eigenvalue weighted by atomic mass is 35.5. The Bertz CT molecular complexity index is 353. The molecule has 1 aromatic heterocycles. The third-order valence-electron chi connectivity index (χ3n) is 3.44. The molecule has 0 amide bonds. The topological polar surface area (TPSA) is 34.2 Å². The number of halogens is 1. The minimum atomic E-state index is 0.503. The third-order valence-corrected chi connectivity index (χ3v) is 3.78. The van der Waals surface area contributed by atoms with Crippen LogP contribution in [0.15, 0.2) is 18.5 Å². The molecule has 0 aromatic carbocycles. The van der Waals surface area contributed by atoms with E-state index < -0.39 is 0 Å². The van der Waals surface area contributed by atoms with Crippen molar-refractivity contribution in [3.05, 3.63) is 29.0 Å². The lowest BCUT2D eigenvalue weighted by Crippen LogP contribution is -2.36. The van der Waals surface area contributed by atoms with Crippen LogP contribution in [0.2, 0.25) is 5.02 Å². The highest BCUT2D eigenvalue weighted by molar-refractivity contribution is 6.31. The van der Waals surface area contributed by atoms with Crippen LogP contribution in [0.25, 0.3) is 0 Å². The molecule has 0 aliphatic carbocycles. The van der Waals surface area contributed by atoms with Crippen LogP contribution in [0, 0.1) is 5.92 Å². The fourth-order valence-corrected chi connectivity index (χ4v) is 2.39. The summed E-state index contributed by atoms with van der Waals surface area (Å²) in [5, 5.41) is 4.28. The van der Waals surface area contributed by atoms with Crippen LogP contribution < -0.4 is 5.32 Å². The van der Waals surface area contributed by atoms with Crippen LogP contribution >= 0.6 is 11.6 Å². The first-order valence-corrected chi connectivity index (χ1v) is 6.54. The van der Waals surface area contributed by atoms with Crippen LogP contribution in [0.1, 0.15) is 25.3 Å². The van der Waals surface area contributed by atoms with Crippen molar-refractivity contribution in [2.75, 3.05) is 13.2 Å². The lowest BCUT2D eigenvalue weighted by molar-refractivity contribution is 0.0558. The van der Waals surface area contributed by atoms with E-state index in [4.69, 9.17) is 16.3 Å². The van der Waals surface area contributed by atoms with Gasteiger partial charge in [-0.15, -0.1) is 0 Å². The second-order valence-corrected chi connectivity index (χ2v) is 4.99. The zero-order valence-electron chi connectivity index (χ0n) is 10.2. The Morgan fingerprint density at radius 1 is 1.53 bits per heavy atom. The van der Waals surface area contributed by atoms with E-state index in [2.05, 4.69) is 17.2 Å². The van der Waals surface area contributed by atoms with Crippen LogP contribution in [-0.4, -0.2) is 24.2 Å². The Balaban J connectivity index is 1.83. The van der Waals surface area contributed by atoms with E-state index in [0.717, 1.165) is 43.2 Å². The van der Waals surface area contributed by atoms with Gasteiger partial charge in [0.15, 0.2) is 0 Å². The highest BCUT2D eigenvalue weighted by Crippen LogP contribution is 2.19. The number of pyridine rings is 1. The minimum absolute atomic E-state index is 0.503. The van der Waals surface area contributed by atoms with E-state index in [1.807, 2.05) is 6.07 Å². The molecule has 1 aromatic rings. The Morgan fingerprint density at radius 3 is 3.00 bits per heavy atom. The summed E-state index contributed by atoms with van der Waals surface area (Å²) in [5.74, 6) is 0.712. The van der Waals surface area contributed by atoms with Crippen molar-refractivity contribution in [1.29, 1.82) is 0 Å². The Kier molecular flexibility index (Phi) is 4.77. The summed E-state index contributed by atoms with van der Waals surface area (Å²) in [4.78, 5) is 3.99. The molecule has 1 aliphatic heterocycles. The monoisotopic (exact) mass is 254 g/mol. The molecule has 0 bridgehead atoms. The number of rotatable bonds is 4. The van der Waals surface area contributed by atoms with Crippen molar-refractivity contribution >= 4 is 11.6 Å². The Hall–Kier alpha value is -0.640. The summed E-state index contributed by atoms with van der Waals surface area (Å²) in [6.45, 7) is 4.84. The first-order chi connectivity index (χ1) is 8.27. The van der Waals surface area contributed by atoms with E-state index in [0.29, 0.717) is 12.0 Å². The summed E-state index contributed by atoms with van der Waals surface area (Å²) < 4.78 is 5.37. The summed E-state index contributed by atoms with van der Waals surface area (Å²) in [6.07, 6.45) is 5.77. The molecule has 4 heteroatoms. The van der Waals surface area contributed by atoms with Crippen LogP contribution in [0.5, 0.6) is 0 Å². The van der Waals surface area contributed by atoms with E-state index in [-0.39, 0.29) is 0 Å². The number of hydrogen-bond donors (Lipinski definition) is 1. The standard InChI is InChI=1S/C13H19ClN2O/c1-10(11-3-6-17-7-4-11)16-8-12-2-5-15-9-13(12)14/h2,5,9-11,16H,3-4,6-8H2,1H3/t10-/m0/s1. The summed E-state index contributed by atoms with van der Waals surface area (Å²) in [6, 6.07) is 2.47. The van der Waals surface area contributed by atoms with Gasteiger partial charge < -0.3 is 10.1 Å². The lowest BCUT2D eigenvalue weighted by Gasteiger charge is -2.28. The number of ether oxygens (including phenoxy) is 1. The molecule has 3 nitrogen and oxygen atoms in total. The zero-order valence-corrected chi connectivity index (χ0v) is 10.9. The third kappa shape index (κ3) is 3.66. The fourth-order valence-electron chi connectivity index (χ4n) is 2.20. The first kappa shape index (κ1) is 12.8. The molecular weight excluding hydrogens is 236 g/mol. The molecule has 1 atom stereocenters. The molecule has 2 rings (SSSR count). The van der Waals surface area contributed by atoms with Crippen molar-refractivity contribution in [1.82, 2.24) is 10.3 Å². The highest BCUT2D eigenvalue weighted by Gasteiger charge is 2.19. The number of nitrogens with zero attached hydrogens (tertiary/aromatic N) is 1. The van der Waals surface area contributed by atoms with Gasteiger partial charge in [0.1, 0.15) is 0 Å². The van der Waals surface area contributed by atoms with Gasteiger partial charge in [0, 0.05) is 38.2 Å². The fraction of sp³-hybridized carbons (Fsp3) is 0.615. The van der Waals surface area contributed by atoms with Gasteiger partial charge in [-0.25, -0.2) is 0 Å². The molecule has 17 heavy (non-hydrogen) atoms. The Morgan fingerprint density at radius 2 is 2.29 bits per heavy atom. The molecule has 94 valence electrons. The average Bonchev–Trinajstić information content (AvgIpc) is 2.38. The van der Waals surface area contributed by atoms with Gasteiger partial charge in [0.25, 0.3) is 0 Å². The normalized spacial score (nSPS) is 19.2. The largest absolute Gasteiger partial charge is 0.381 e. The maximum atomic E-state index is 6.07. The van der Waals surface area contributed by atoms with Crippen molar-refractivity contribution in [2.24, 2.45) is 5.92 Å².